The summed E-state index contributed by atoms with van der Waals surface area (Å²) in [5, 5.41) is 24.6. The molecule has 3 unspecified atom stereocenters. The normalized spacial score (nSPS) is 24.8. The average molecular weight is 250 g/mol. The summed E-state index contributed by atoms with van der Waals surface area (Å²) < 4.78 is 0. The van der Waals surface area contributed by atoms with Crippen LogP contribution in [0.1, 0.15) is 24.9 Å². The minimum Gasteiger partial charge on any atom is -0.508 e. The lowest BCUT2D eigenvalue weighted by Gasteiger charge is -2.17. The minimum atomic E-state index is -0.447. The van der Waals surface area contributed by atoms with E-state index in [2.05, 4.69) is 10.6 Å². The topological polar surface area (TPSA) is 81.6 Å². The summed E-state index contributed by atoms with van der Waals surface area (Å²) in [5.74, 6) is 0.0606. The van der Waals surface area contributed by atoms with Crippen LogP contribution in [0.15, 0.2) is 24.3 Å². The van der Waals surface area contributed by atoms with E-state index in [1.807, 2.05) is 13.0 Å². The average Bonchev–Trinajstić information content (AvgIpc) is 2.76. The number of rotatable bonds is 3. The number of carbonyl (C=O) groups excluding carboxylic acids is 1. The van der Waals surface area contributed by atoms with E-state index in [-0.39, 0.29) is 23.7 Å². The van der Waals surface area contributed by atoms with Gasteiger partial charge in [-0.25, -0.2) is 0 Å². The molecule has 3 atom stereocenters. The second kappa shape index (κ2) is 5.37. The van der Waals surface area contributed by atoms with Gasteiger partial charge in [-0.05, 0) is 31.0 Å². The fourth-order valence-electron chi connectivity index (χ4n) is 2.11. The lowest BCUT2D eigenvalue weighted by molar-refractivity contribution is -0.123. The van der Waals surface area contributed by atoms with E-state index < -0.39 is 6.10 Å². The monoisotopic (exact) mass is 250 g/mol. The molecule has 1 heterocycles. The van der Waals surface area contributed by atoms with Crippen LogP contribution in [0.25, 0.3) is 0 Å². The first-order chi connectivity index (χ1) is 8.56. The number of hydrogen-bond donors (Lipinski definition) is 4. The Bertz CT molecular complexity index is 436. The quantitative estimate of drug-likeness (QED) is 0.621. The molecular weight excluding hydrogens is 232 g/mol. The van der Waals surface area contributed by atoms with Crippen molar-refractivity contribution in [1.82, 2.24) is 10.6 Å². The number of carbonyl (C=O) groups is 1. The number of aliphatic hydroxyl groups is 1. The van der Waals surface area contributed by atoms with Gasteiger partial charge in [0.1, 0.15) is 5.75 Å². The third-order valence-electron chi connectivity index (χ3n) is 3.15. The number of amides is 1. The Labute approximate surface area is 106 Å². The molecule has 0 saturated carbocycles. The van der Waals surface area contributed by atoms with Crippen LogP contribution in [-0.4, -0.2) is 34.8 Å². The number of nitrogens with one attached hydrogen (secondary N) is 2. The number of benzene rings is 1. The van der Waals surface area contributed by atoms with Crippen molar-refractivity contribution in [3.8, 4) is 5.75 Å². The van der Waals surface area contributed by atoms with E-state index in [0.717, 1.165) is 5.56 Å². The van der Waals surface area contributed by atoms with Crippen LogP contribution < -0.4 is 10.6 Å². The van der Waals surface area contributed by atoms with Gasteiger partial charge in [0.05, 0.1) is 18.2 Å². The Morgan fingerprint density at radius 1 is 1.56 bits per heavy atom. The third kappa shape index (κ3) is 3.00. The first-order valence-electron chi connectivity index (χ1n) is 6.07. The molecule has 98 valence electrons. The highest BCUT2D eigenvalue weighted by Gasteiger charge is 2.28. The molecular formula is C13H18N2O3. The molecule has 1 aromatic rings. The van der Waals surface area contributed by atoms with Gasteiger partial charge in [0.15, 0.2) is 0 Å². The zero-order valence-corrected chi connectivity index (χ0v) is 10.3. The van der Waals surface area contributed by atoms with Gasteiger partial charge in [-0.3, -0.25) is 4.79 Å². The smallest absolute Gasteiger partial charge is 0.237 e. The first kappa shape index (κ1) is 12.9. The minimum absolute atomic E-state index is 0.123. The van der Waals surface area contributed by atoms with Crippen LogP contribution in [0, 0.1) is 0 Å². The number of aromatic hydroxyl groups is 1. The molecule has 1 aromatic carbocycles. The van der Waals surface area contributed by atoms with E-state index in [4.69, 9.17) is 0 Å². The zero-order chi connectivity index (χ0) is 13.1. The van der Waals surface area contributed by atoms with Gasteiger partial charge in [0, 0.05) is 6.54 Å². The molecule has 1 amide bonds. The molecule has 1 fully saturated rings. The van der Waals surface area contributed by atoms with Crippen molar-refractivity contribution in [3.63, 3.8) is 0 Å². The second-order valence-electron chi connectivity index (χ2n) is 4.68. The van der Waals surface area contributed by atoms with Crippen molar-refractivity contribution in [2.45, 2.75) is 31.5 Å². The summed E-state index contributed by atoms with van der Waals surface area (Å²) in [7, 11) is 0. The van der Waals surface area contributed by atoms with Gasteiger partial charge in [-0.2, -0.15) is 0 Å². The van der Waals surface area contributed by atoms with Crippen molar-refractivity contribution >= 4 is 5.91 Å². The van der Waals surface area contributed by atoms with Crippen LogP contribution in [-0.2, 0) is 4.79 Å². The summed E-state index contributed by atoms with van der Waals surface area (Å²) in [6.07, 6.45) is -0.00433. The van der Waals surface area contributed by atoms with E-state index in [9.17, 15) is 15.0 Å². The Morgan fingerprint density at radius 3 is 2.94 bits per heavy atom. The van der Waals surface area contributed by atoms with E-state index >= 15 is 0 Å². The highest BCUT2D eigenvalue weighted by atomic mass is 16.3. The summed E-state index contributed by atoms with van der Waals surface area (Å²) in [6, 6.07) is 6.30. The van der Waals surface area contributed by atoms with Gasteiger partial charge in [0.2, 0.25) is 5.91 Å². The summed E-state index contributed by atoms with van der Waals surface area (Å²) in [4.78, 5) is 11.9. The van der Waals surface area contributed by atoms with Gasteiger partial charge >= 0.3 is 0 Å². The molecule has 1 saturated heterocycles. The van der Waals surface area contributed by atoms with Crippen LogP contribution in [0.4, 0.5) is 0 Å². The van der Waals surface area contributed by atoms with Crippen LogP contribution in [0.2, 0.25) is 0 Å². The Morgan fingerprint density at radius 2 is 2.33 bits per heavy atom. The van der Waals surface area contributed by atoms with Crippen molar-refractivity contribution < 1.29 is 15.0 Å². The summed E-state index contributed by atoms with van der Waals surface area (Å²) >= 11 is 0. The molecule has 18 heavy (non-hydrogen) atoms. The predicted molar refractivity (Wildman–Crippen MR) is 67.1 cm³/mol. The summed E-state index contributed by atoms with van der Waals surface area (Å²) in [6.45, 7) is 2.32. The van der Waals surface area contributed by atoms with Gasteiger partial charge < -0.3 is 20.8 Å². The molecule has 0 aromatic heterocycles. The highest BCUT2D eigenvalue weighted by Crippen LogP contribution is 2.18. The molecule has 1 aliphatic rings. The molecule has 5 nitrogen and oxygen atoms in total. The molecule has 0 aliphatic carbocycles. The number of β-amino-alcohol motifs (C(OH)–C–C–N with tert-alkyl or cyclic N) is 1. The van der Waals surface area contributed by atoms with Crippen molar-refractivity contribution in [1.29, 1.82) is 0 Å². The molecule has 4 N–H and O–H groups in total. The van der Waals surface area contributed by atoms with Crippen molar-refractivity contribution in [2.75, 3.05) is 6.54 Å². The number of hydrogen-bond acceptors (Lipinski definition) is 4. The van der Waals surface area contributed by atoms with Crippen molar-refractivity contribution in [2.24, 2.45) is 0 Å². The fourth-order valence-corrected chi connectivity index (χ4v) is 2.11. The van der Waals surface area contributed by atoms with Gasteiger partial charge in [0.25, 0.3) is 0 Å². The Balaban J connectivity index is 1.95. The molecule has 0 bridgehead atoms. The number of phenols is 1. The fraction of sp³-hybridized carbons (Fsp3) is 0.462. The van der Waals surface area contributed by atoms with Crippen molar-refractivity contribution in [3.05, 3.63) is 29.8 Å². The largest absolute Gasteiger partial charge is 0.508 e. The van der Waals surface area contributed by atoms with Gasteiger partial charge in [-0.15, -0.1) is 0 Å². The van der Waals surface area contributed by atoms with E-state index in [0.29, 0.717) is 13.0 Å². The van der Waals surface area contributed by atoms with Gasteiger partial charge in [-0.1, -0.05) is 12.1 Å². The van der Waals surface area contributed by atoms with Crippen LogP contribution in [0.5, 0.6) is 5.75 Å². The number of aliphatic hydroxyl groups excluding tert-OH is 1. The zero-order valence-electron chi connectivity index (χ0n) is 10.3. The maximum absolute atomic E-state index is 11.9. The van der Waals surface area contributed by atoms with Crippen LogP contribution >= 0.6 is 0 Å². The lowest BCUT2D eigenvalue weighted by Crippen LogP contribution is -2.41. The van der Waals surface area contributed by atoms with E-state index in [1.165, 1.54) is 0 Å². The lowest BCUT2D eigenvalue weighted by atomic mass is 10.1. The Kier molecular flexibility index (Phi) is 3.84. The van der Waals surface area contributed by atoms with Crippen LogP contribution in [0.3, 0.4) is 0 Å². The predicted octanol–water partition coefficient (Wildman–Crippen LogP) is 0.292. The molecule has 2 rings (SSSR count). The number of phenolic OH excluding ortho intramolecular Hbond substituents is 1. The summed E-state index contributed by atoms with van der Waals surface area (Å²) in [5.41, 5.74) is 0.849. The maximum atomic E-state index is 11.9. The molecule has 1 aliphatic heterocycles. The standard InChI is InChI=1S/C13H18N2O3/c1-8(9-3-2-4-10(16)5-9)15-13(18)12-6-11(17)7-14-12/h2-5,8,11-12,14,16-17H,6-7H2,1H3,(H,15,18). The molecule has 0 radical (unpaired) electrons. The second-order valence-corrected chi connectivity index (χ2v) is 4.68. The Hall–Kier alpha value is -1.59. The highest BCUT2D eigenvalue weighted by molar-refractivity contribution is 5.82. The first-order valence-corrected chi connectivity index (χ1v) is 6.07. The molecule has 5 heteroatoms. The third-order valence-corrected chi connectivity index (χ3v) is 3.15. The SMILES string of the molecule is CC(NC(=O)C1CC(O)CN1)c1cccc(O)c1. The van der Waals surface area contributed by atoms with E-state index in [1.54, 1.807) is 18.2 Å². The maximum Gasteiger partial charge on any atom is 0.237 e. The molecule has 0 spiro atoms.